The Morgan fingerprint density at radius 3 is 2.60 bits per heavy atom. The number of Topliss-reactive ketones (excluding diaryl/α,β-unsaturated/α-hetero) is 1. The average Bonchev–Trinajstić information content (AvgIpc) is 2.83. The van der Waals surface area contributed by atoms with Gasteiger partial charge in [0.1, 0.15) is 0 Å². The van der Waals surface area contributed by atoms with E-state index >= 15 is 0 Å². The molecule has 1 amide bonds. The molecule has 5 heteroatoms. The molecule has 102 valence electrons. The Bertz CT molecular complexity index is 676. The van der Waals surface area contributed by atoms with Crippen LogP contribution in [0.25, 0.3) is 6.08 Å². The molecule has 1 N–H and O–H groups in total. The van der Waals surface area contributed by atoms with Crippen molar-refractivity contribution in [2.24, 2.45) is 0 Å². The van der Waals surface area contributed by atoms with Gasteiger partial charge in [-0.05, 0) is 53.2 Å². The summed E-state index contributed by atoms with van der Waals surface area (Å²) in [6.45, 7) is 1.48. The van der Waals surface area contributed by atoms with E-state index in [1.165, 1.54) is 24.3 Å². The number of thiophene rings is 1. The number of amides is 1. The molecule has 20 heavy (non-hydrogen) atoms. The summed E-state index contributed by atoms with van der Waals surface area (Å²) in [5, 5.41) is 2.72. The lowest BCUT2D eigenvalue weighted by atomic mass is 10.1. The Morgan fingerprint density at radius 2 is 1.95 bits per heavy atom. The summed E-state index contributed by atoms with van der Waals surface area (Å²) in [5.41, 5.74) is 1.04. The fourth-order valence-corrected chi connectivity index (χ4v) is 2.98. The molecule has 0 atom stereocenters. The van der Waals surface area contributed by atoms with Crippen molar-refractivity contribution >= 4 is 50.7 Å². The fraction of sp³-hybridized carbons (Fsp3) is 0.0667. The Labute approximate surface area is 129 Å². The van der Waals surface area contributed by atoms with Crippen molar-refractivity contribution < 1.29 is 9.59 Å². The van der Waals surface area contributed by atoms with Crippen molar-refractivity contribution in [3.63, 3.8) is 0 Å². The van der Waals surface area contributed by atoms with Gasteiger partial charge in [0.15, 0.2) is 5.78 Å². The summed E-state index contributed by atoms with van der Waals surface area (Å²) in [7, 11) is 0. The van der Waals surface area contributed by atoms with E-state index in [1.54, 1.807) is 30.3 Å². The Morgan fingerprint density at radius 1 is 1.20 bits per heavy atom. The van der Waals surface area contributed by atoms with Crippen LogP contribution in [0.3, 0.4) is 0 Å². The monoisotopic (exact) mass is 349 g/mol. The van der Waals surface area contributed by atoms with E-state index in [-0.39, 0.29) is 11.7 Å². The zero-order valence-electron chi connectivity index (χ0n) is 10.7. The van der Waals surface area contributed by atoms with E-state index < -0.39 is 0 Å². The Kier molecular flexibility index (Phi) is 4.87. The lowest BCUT2D eigenvalue weighted by molar-refractivity contribution is -0.111. The van der Waals surface area contributed by atoms with Crippen LogP contribution >= 0.6 is 27.3 Å². The molecule has 0 unspecified atom stereocenters. The van der Waals surface area contributed by atoms with Crippen LogP contribution in [0.4, 0.5) is 5.69 Å². The first-order valence-corrected chi connectivity index (χ1v) is 7.51. The normalized spacial score (nSPS) is 10.7. The molecule has 0 aliphatic heterocycles. The smallest absolute Gasteiger partial charge is 0.248 e. The second-order valence-corrected chi connectivity index (χ2v) is 6.56. The first kappa shape index (κ1) is 14.7. The summed E-state index contributed by atoms with van der Waals surface area (Å²) in [6, 6.07) is 10.8. The molecule has 2 aromatic rings. The minimum absolute atomic E-state index is 0.0768. The number of para-hydroxylation sites is 1. The highest BCUT2D eigenvalue weighted by Crippen LogP contribution is 2.23. The first-order chi connectivity index (χ1) is 9.56. The second-order valence-electron chi connectivity index (χ2n) is 4.07. The van der Waals surface area contributed by atoms with Crippen molar-refractivity contribution in [1.82, 2.24) is 0 Å². The molecule has 0 saturated heterocycles. The SMILES string of the molecule is CC(=O)c1ccccc1NC(=O)/C=C/c1ccc(Br)s1. The van der Waals surface area contributed by atoms with E-state index in [0.717, 1.165) is 8.66 Å². The summed E-state index contributed by atoms with van der Waals surface area (Å²) in [4.78, 5) is 24.3. The van der Waals surface area contributed by atoms with Crippen molar-refractivity contribution in [3.05, 3.63) is 56.7 Å². The first-order valence-electron chi connectivity index (χ1n) is 5.90. The highest BCUT2D eigenvalue weighted by molar-refractivity contribution is 9.11. The van der Waals surface area contributed by atoms with Crippen LogP contribution in [0.15, 0.2) is 46.3 Å². The van der Waals surface area contributed by atoms with Gasteiger partial charge in [0.2, 0.25) is 5.91 Å². The van der Waals surface area contributed by atoms with Crippen LogP contribution in [0.2, 0.25) is 0 Å². The number of benzene rings is 1. The third kappa shape index (κ3) is 3.88. The van der Waals surface area contributed by atoms with Gasteiger partial charge in [-0.2, -0.15) is 0 Å². The molecule has 0 spiro atoms. The summed E-state index contributed by atoms with van der Waals surface area (Å²) >= 11 is 4.90. The predicted molar refractivity (Wildman–Crippen MR) is 86.1 cm³/mol. The zero-order chi connectivity index (χ0) is 14.5. The summed E-state index contributed by atoms with van der Waals surface area (Å²) < 4.78 is 1.01. The lowest BCUT2D eigenvalue weighted by Gasteiger charge is -2.06. The van der Waals surface area contributed by atoms with Gasteiger partial charge in [-0.1, -0.05) is 12.1 Å². The van der Waals surface area contributed by atoms with Gasteiger partial charge < -0.3 is 5.32 Å². The standard InChI is InChI=1S/C15H12BrNO2S/c1-10(18)12-4-2-3-5-13(12)17-15(19)9-7-11-6-8-14(16)20-11/h2-9H,1H3,(H,17,19)/b9-7+. The van der Waals surface area contributed by atoms with E-state index in [0.29, 0.717) is 11.3 Å². The van der Waals surface area contributed by atoms with Crippen molar-refractivity contribution in [3.8, 4) is 0 Å². The third-order valence-corrected chi connectivity index (χ3v) is 4.15. The molecular weight excluding hydrogens is 338 g/mol. The van der Waals surface area contributed by atoms with Gasteiger partial charge in [-0.3, -0.25) is 9.59 Å². The number of hydrogen-bond acceptors (Lipinski definition) is 3. The van der Waals surface area contributed by atoms with Gasteiger partial charge in [-0.25, -0.2) is 0 Å². The van der Waals surface area contributed by atoms with E-state index in [1.807, 2.05) is 12.1 Å². The van der Waals surface area contributed by atoms with Gasteiger partial charge >= 0.3 is 0 Å². The van der Waals surface area contributed by atoms with Crippen LogP contribution in [-0.2, 0) is 4.79 Å². The molecule has 1 heterocycles. The Hall–Kier alpha value is -1.72. The van der Waals surface area contributed by atoms with Crippen LogP contribution in [0, 0.1) is 0 Å². The van der Waals surface area contributed by atoms with Crippen molar-refractivity contribution in [1.29, 1.82) is 0 Å². The van der Waals surface area contributed by atoms with Crippen LogP contribution in [0.1, 0.15) is 22.2 Å². The summed E-state index contributed by atoms with van der Waals surface area (Å²) in [5.74, 6) is -0.338. The Balaban J connectivity index is 2.09. The fourth-order valence-electron chi connectivity index (χ4n) is 1.65. The molecule has 1 aromatic heterocycles. The second kappa shape index (κ2) is 6.63. The molecule has 3 nitrogen and oxygen atoms in total. The molecule has 0 saturated carbocycles. The molecule has 0 aliphatic carbocycles. The van der Waals surface area contributed by atoms with Crippen molar-refractivity contribution in [2.75, 3.05) is 5.32 Å². The number of rotatable bonds is 4. The maximum absolute atomic E-state index is 11.9. The molecule has 0 radical (unpaired) electrons. The van der Waals surface area contributed by atoms with E-state index in [4.69, 9.17) is 0 Å². The average molecular weight is 350 g/mol. The number of anilines is 1. The number of hydrogen-bond donors (Lipinski definition) is 1. The van der Waals surface area contributed by atoms with Crippen molar-refractivity contribution in [2.45, 2.75) is 6.92 Å². The highest BCUT2D eigenvalue weighted by atomic mass is 79.9. The van der Waals surface area contributed by atoms with Gasteiger partial charge in [0.25, 0.3) is 0 Å². The molecule has 2 rings (SSSR count). The van der Waals surface area contributed by atoms with E-state index in [2.05, 4.69) is 21.2 Å². The molecule has 0 fully saturated rings. The lowest BCUT2D eigenvalue weighted by Crippen LogP contribution is -2.11. The quantitative estimate of drug-likeness (QED) is 0.658. The number of nitrogens with one attached hydrogen (secondary N) is 1. The minimum Gasteiger partial charge on any atom is -0.322 e. The molecular formula is C15H12BrNO2S. The van der Waals surface area contributed by atoms with Gasteiger partial charge in [0, 0.05) is 16.5 Å². The van der Waals surface area contributed by atoms with Crippen LogP contribution in [0.5, 0.6) is 0 Å². The predicted octanol–water partition coefficient (Wildman–Crippen LogP) is 4.37. The highest BCUT2D eigenvalue weighted by Gasteiger charge is 2.07. The summed E-state index contributed by atoms with van der Waals surface area (Å²) in [6.07, 6.45) is 3.19. The number of carbonyl (C=O) groups is 2. The van der Waals surface area contributed by atoms with Crippen LogP contribution < -0.4 is 5.32 Å². The third-order valence-electron chi connectivity index (χ3n) is 2.56. The van der Waals surface area contributed by atoms with Gasteiger partial charge in [-0.15, -0.1) is 11.3 Å². The number of carbonyl (C=O) groups excluding carboxylic acids is 2. The van der Waals surface area contributed by atoms with Crippen LogP contribution in [-0.4, -0.2) is 11.7 Å². The largest absolute Gasteiger partial charge is 0.322 e. The maximum Gasteiger partial charge on any atom is 0.248 e. The number of ketones is 1. The topological polar surface area (TPSA) is 46.2 Å². The minimum atomic E-state index is -0.261. The molecule has 0 aliphatic rings. The van der Waals surface area contributed by atoms with E-state index in [9.17, 15) is 9.59 Å². The molecule has 1 aromatic carbocycles. The van der Waals surface area contributed by atoms with Gasteiger partial charge in [0.05, 0.1) is 9.47 Å². The maximum atomic E-state index is 11.9. The zero-order valence-corrected chi connectivity index (χ0v) is 13.1. The molecule has 0 bridgehead atoms. The number of halogens is 1.